The standard InChI is InChI=1S/C29H37N5O4/c1-5-15-38-29(23-10-8-7-9-20(23)3)18-34(26(29)30)27(36)28(33-25(35)6-2,24-17-31-19-32-24)16-21-11-13-22(37-4)14-12-21/h7-14,17,19,26H,5-6,15-16,18,30H2,1-4H3,(H,31,32)(H,33,35)/t26-,28-,29+/m0/s1. The van der Waals surface area contributed by atoms with E-state index in [1.165, 1.54) is 6.33 Å². The molecule has 3 aromatic rings. The first-order valence-electron chi connectivity index (χ1n) is 13.0. The summed E-state index contributed by atoms with van der Waals surface area (Å²) in [4.78, 5) is 36.2. The van der Waals surface area contributed by atoms with Gasteiger partial charge in [0.15, 0.2) is 5.54 Å². The highest BCUT2D eigenvalue weighted by Gasteiger charge is 2.59. The molecule has 1 aliphatic rings. The molecule has 0 aliphatic carbocycles. The Hall–Kier alpha value is -3.69. The molecule has 2 heterocycles. The summed E-state index contributed by atoms with van der Waals surface area (Å²) in [6, 6.07) is 15.4. The first-order valence-corrected chi connectivity index (χ1v) is 13.0. The zero-order valence-corrected chi connectivity index (χ0v) is 22.5. The minimum atomic E-state index is -1.45. The number of likely N-dealkylation sites (tertiary alicyclic amines) is 1. The number of carbonyl (C=O) groups is 2. The molecule has 1 aliphatic heterocycles. The number of rotatable bonds is 11. The van der Waals surface area contributed by atoms with Crippen LogP contribution in [0.5, 0.6) is 5.75 Å². The van der Waals surface area contributed by atoms with Crippen molar-refractivity contribution in [1.82, 2.24) is 20.2 Å². The number of benzene rings is 2. The van der Waals surface area contributed by atoms with Crippen LogP contribution in [0.1, 0.15) is 49.1 Å². The maximum Gasteiger partial charge on any atom is 0.256 e. The summed E-state index contributed by atoms with van der Waals surface area (Å²) in [5.74, 6) is 0.116. The molecule has 202 valence electrons. The van der Waals surface area contributed by atoms with Crippen LogP contribution in [0.3, 0.4) is 0 Å². The number of methoxy groups -OCH3 is 1. The molecule has 4 N–H and O–H groups in total. The largest absolute Gasteiger partial charge is 0.497 e. The minimum Gasteiger partial charge on any atom is -0.497 e. The van der Waals surface area contributed by atoms with Gasteiger partial charge in [-0.25, -0.2) is 4.98 Å². The van der Waals surface area contributed by atoms with E-state index < -0.39 is 17.3 Å². The number of carbonyl (C=O) groups excluding carboxylic acids is 2. The van der Waals surface area contributed by atoms with Gasteiger partial charge in [0.1, 0.15) is 17.5 Å². The van der Waals surface area contributed by atoms with E-state index >= 15 is 0 Å². The monoisotopic (exact) mass is 519 g/mol. The van der Waals surface area contributed by atoms with Crippen LogP contribution in [-0.2, 0) is 31.9 Å². The van der Waals surface area contributed by atoms with Crippen LogP contribution in [0.4, 0.5) is 0 Å². The molecule has 38 heavy (non-hydrogen) atoms. The summed E-state index contributed by atoms with van der Waals surface area (Å²) in [6.45, 7) is 6.58. The number of nitrogens with zero attached hydrogens (tertiary/aromatic N) is 2. The number of hydrogen-bond acceptors (Lipinski definition) is 6. The molecule has 1 aromatic heterocycles. The summed E-state index contributed by atoms with van der Waals surface area (Å²) in [7, 11) is 1.60. The van der Waals surface area contributed by atoms with Crippen LogP contribution >= 0.6 is 0 Å². The summed E-state index contributed by atoms with van der Waals surface area (Å²) < 4.78 is 11.7. The predicted octanol–water partition coefficient (Wildman–Crippen LogP) is 3.14. The average Bonchev–Trinajstić information content (AvgIpc) is 3.48. The number of H-pyrrole nitrogens is 1. The van der Waals surface area contributed by atoms with Gasteiger partial charge < -0.3 is 30.4 Å². The average molecular weight is 520 g/mol. The molecule has 0 spiro atoms. The number of aryl methyl sites for hydroxylation is 1. The van der Waals surface area contributed by atoms with Gasteiger partial charge >= 0.3 is 0 Å². The molecule has 2 aromatic carbocycles. The molecule has 2 amide bonds. The van der Waals surface area contributed by atoms with E-state index in [9.17, 15) is 9.59 Å². The lowest BCUT2D eigenvalue weighted by molar-refractivity contribution is -0.206. The van der Waals surface area contributed by atoms with Crippen molar-refractivity contribution in [3.8, 4) is 5.75 Å². The van der Waals surface area contributed by atoms with Crippen molar-refractivity contribution in [1.29, 1.82) is 0 Å². The second-order valence-electron chi connectivity index (χ2n) is 9.73. The van der Waals surface area contributed by atoms with Gasteiger partial charge in [-0.1, -0.05) is 50.2 Å². The topological polar surface area (TPSA) is 123 Å². The van der Waals surface area contributed by atoms with Crippen LogP contribution in [0.15, 0.2) is 61.1 Å². The number of imidazole rings is 1. The lowest BCUT2D eigenvalue weighted by Crippen LogP contribution is -2.77. The Kier molecular flexibility index (Phi) is 8.18. The quantitative estimate of drug-likeness (QED) is 0.358. The summed E-state index contributed by atoms with van der Waals surface area (Å²) in [6.07, 6.45) is 3.55. The number of nitrogens with one attached hydrogen (secondary N) is 2. The highest BCUT2D eigenvalue weighted by atomic mass is 16.5. The lowest BCUT2D eigenvalue weighted by Gasteiger charge is -2.57. The SMILES string of the molecule is CCCO[C@@]1(c2ccccc2C)CN(C(=O)[C@@](Cc2ccc(OC)cc2)(NC(=O)CC)c2cnc[nH]2)[C@@H]1N. The van der Waals surface area contributed by atoms with Crippen molar-refractivity contribution < 1.29 is 19.1 Å². The van der Waals surface area contributed by atoms with Crippen molar-refractivity contribution in [2.24, 2.45) is 5.73 Å². The molecule has 0 unspecified atom stereocenters. The summed E-state index contributed by atoms with van der Waals surface area (Å²) in [5, 5.41) is 3.02. The van der Waals surface area contributed by atoms with Crippen LogP contribution in [0.2, 0.25) is 0 Å². The van der Waals surface area contributed by atoms with E-state index in [1.807, 2.05) is 62.4 Å². The van der Waals surface area contributed by atoms with Crippen LogP contribution in [0.25, 0.3) is 0 Å². The Bertz CT molecular complexity index is 1250. The zero-order chi connectivity index (χ0) is 27.3. The van der Waals surface area contributed by atoms with Gasteiger partial charge in [-0.05, 0) is 42.2 Å². The molecule has 9 nitrogen and oxygen atoms in total. The Balaban J connectivity index is 1.75. The fourth-order valence-electron chi connectivity index (χ4n) is 5.13. The third-order valence-electron chi connectivity index (χ3n) is 7.27. The fraction of sp³-hybridized carbons (Fsp3) is 0.414. The Morgan fingerprint density at radius 2 is 1.95 bits per heavy atom. The summed E-state index contributed by atoms with van der Waals surface area (Å²) >= 11 is 0. The molecule has 0 saturated carbocycles. The molecule has 4 rings (SSSR count). The molecule has 1 fully saturated rings. The first kappa shape index (κ1) is 27.3. The van der Waals surface area contributed by atoms with Crippen molar-refractivity contribution in [3.05, 3.63) is 83.4 Å². The van der Waals surface area contributed by atoms with Gasteiger partial charge in [0.2, 0.25) is 5.91 Å². The van der Waals surface area contributed by atoms with Gasteiger partial charge in [0, 0.05) is 19.4 Å². The number of hydrogen-bond donors (Lipinski definition) is 3. The maximum atomic E-state index is 14.5. The molecule has 0 radical (unpaired) electrons. The van der Waals surface area contributed by atoms with E-state index in [0.29, 0.717) is 18.1 Å². The van der Waals surface area contributed by atoms with Gasteiger partial charge in [-0.2, -0.15) is 0 Å². The van der Waals surface area contributed by atoms with E-state index in [4.69, 9.17) is 15.2 Å². The second kappa shape index (κ2) is 11.4. The first-order chi connectivity index (χ1) is 18.3. The number of aromatic amines is 1. The second-order valence-corrected chi connectivity index (χ2v) is 9.73. The molecular formula is C29H37N5O4. The van der Waals surface area contributed by atoms with E-state index in [1.54, 1.807) is 25.1 Å². The van der Waals surface area contributed by atoms with E-state index in [0.717, 1.165) is 23.1 Å². The van der Waals surface area contributed by atoms with Gasteiger partial charge in [0.25, 0.3) is 5.91 Å². The highest BCUT2D eigenvalue weighted by molar-refractivity contribution is 5.93. The van der Waals surface area contributed by atoms with Gasteiger partial charge in [-0.15, -0.1) is 0 Å². The minimum absolute atomic E-state index is 0.195. The highest BCUT2D eigenvalue weighted by Crippen LogP contribution is 2.43. The number of nitrogens with two attached hydrogens (primary N) is 1. The van der Waals surface area contributed by atoms with Crippen LogP contribution in [0, 0.1) is 6.92 Å². The Morgan fingerprint density at radius 1 is 1.21 bits per heavy atom. The molecule has 1 saturated heterocycles. The lowest BCUT2D eigenvalue weighted by atomic mass is 9.77. The number of amides is 2. The van der Waals surface area contributed by atoms with E-state index in [2.05, 4.69) is 15.3 Å². The maximum absolute atomic E-state index is 14.5. The van der Waals surface area contributed by atoms with E-state index in [-0.39, 0.29) is 31.2 Å². The van der Waals surface area contributed by atoms with Crippen LogP contribution < -0.4 is 15.8 Å². The van der Waals surface area contributed by atoms with Crippen molar-refractivity contribution in [3.63, 3.8) is 0 Å². The molecular weight excluding hydrogens is 482 g/mol. The Labute approximate surface area is 223 Å². The van der Waals surface area contributed by atoms with Gasteiger partial charge in [0.05, 0.1) is 31.9 Å². The predicted molar refractivity (Wildman–Crippen MR) is 144 cm³/mol. The number of aromatic nitrogens is 2. The van der Waals surface area contributed by atoms with Crippen molar-refractivity contribution in [2.75, 3.05) is 20.3 Å². The van der Waals surface area contributed by atoms with Crippen LogP contribution in [-0.4, -0.2) is 53.1 Å². The third-order valence-corrected chi connectivity index (χ3v) is 7.27. The molecule has 3 atom stereocenters. The smallest absolute Gasteiger partial charge is 0.256 e. The van der Waals surface area contributed by atoms with Crippen molar-refractivity contribution >= 4 is 11.8 Å². The number of ether oxygens (including phenoxy) is 2. The Morgan fingerprint density at radius 3 is 2.53 bits per heavy atom. The normalized spacial score (nSPS) is 20.3. The third kappa shape index (κ3) is 4.91. The zero-order valence-electron chi connectivity index (χ0n) is 22.5. The molecule has 9 heteroatoms. The fourth-order valence-corrected chi connectivity index (χ4v) is 5.13. The molecule has 0 bridgehead atoms. The van der Waals surface area contributed by atoms with Crippen molar-refractivity contribution in [2.45, 2.75) is 57.3 Å². The summed E-state index contributed by atoms with van der Waals surface area (Å²) in [5.41, 5.74) is 7.86. The van der Waals surface area contributed by atoms with Gasteiger partial charge in [-0.3, -0.25) is 9.59 Å².